The average Bonchev–Trinajstić information content (AvgIpc) is 3.46. The molecular formula is C22H22Cl2N4O. The quantitative estimate of drug-likeness (QED) is 0.656. The van der Waals surface area contributed by atoms with E-state index in [1.165, 1.54) is 0 Å². The Bertz CT molecular complexity index is 1030. The second-order valence-corrected chi connectivity index (χ2v) is 8.68. The van der Waals surface area contributed by atoms with Gasteiger partial charge in [0.1, 0.15) is 0 Å². The number of para-hydroxylation sites is 2. The molecule has 2 atom stereocenters. The number of amides is 1. The number of H-pyrrole nitrogens is 1. The van der Waals surface area contributed by atoms with Gasteiger partial charge in [0.2, 0.25) is 11.9 Å². The van der Waals surface area contributed by atoms with Crippen LogP contribution in [0, 0.1) is 5.92 Å². The summed E-state index contributed by atoms with van der Waals surface area (Å²) in [6.45, 7) is 3.20. The second kappa shape index (κ2) is 7.54. The number of halogens is 2. The number of nitrogens with one attached hydrogen (secondary N) is 1. The maximum atomic E-state index is 13.1. The van der Waals surface area contributed by atoms with Crippen molar-refractivity contribution in [1.29, 1.82) is 0 Å². The first-order valence-corrected chi connectivity index (χ1v) is 10.8. The van der Waals surface area contributed by atoms with Crippen molar-refractivity contribution in [3.05, 3.63) is 58.1 Å². The van der Waals surface area contributed by atoms with Gasteiger partial charge in [0.05, 0.1) is 21.1 Å². The first-order chi connectivity index (χ1) is 14.1. The first kappa shape index (κ1) is 18.8. The van der Waals surface area contributed by atoms with Crippen LogP contribution in [0.2, 0.25) is 10.0 Å². The van der Waals surface area contributed by atoms with Gasteiger partial charge in [-0.15, -0.1) is 0 Å². The zero-order valence-electron chi connectivity index (χ0n) is 15.9. The smallest absolute Gasteiger partial charge is 0.226 e. The molecule has 2 fully saturated rings. The fraction of sp³-hybridized carbons (Fsp3) is 0.364. The van der Waals surface area contributed by atoms with Gasteiger partial charge in [0.15, 0.2) is 0 Å². The summed E-state index contributed by atoms with van der Waals surface area (Å²) >= 11 is 12.2. The number of rotatable bonds is 3. The van der Waals surface area contributed by atoms with Crippen molar-refractivity contribution >= 4 is 46.1 Å². The highest BCUT2D eigenvalue weighted by molar-refractivity contribution is 6.42. The summed E-state index contributed by atoms with van der Waals surface area (Å²) in [7, 11) is 0. The standard InChI is InChI=1S/C22H22Cl2N4O/c23-17-7-6-14(12-18(17)24)15-13-16(15)21(29)27-8-3-9-28(11-10-27)22-25-19-4-1-2-5-20(19)26-22/h1-2,4-7,12,15-16H,3,8-11,13H2,(H,25,26). The van der Waals surface area contributed by atoms with E-state index in [2.05, 4.69) is 9.88 Å². The maximum Gasteiger partial charge on any atom is 0.226 e. The lowest BCUT2D eigenvalue weighted by molar-refractivity contribution is -0.132. The largest absolute Gasteiger partial charge is 0.341 e. The third kappa shape index (κ3) is 3.69. The Hall–Kier alpha value is -2.24. The van der Waals surface area contributed by atoms with Crippen molar-refractivity contribution in [2.24, 2.45) is 5.92 Å². The van der Waals surface area contributed by atoms with Gasteiger partial charge in [-0.1, -0.05) is 41.4 Å². The predicted molar refractivity (Wildman–Crippen MR) is 117 cm³/mol. The molecule has 2 heterocycles. The molecule has 2 aliphatic rings. The van der Waals surface area contributed by atoms with Crippen molar-refractivity contribution in [3.63, 3.8) is 0 Å². The third-order valence-corrected chi connectivity index (χ3v) is 6.70. The Balaban J connectivity index is 1.24. The van der Waals surface area contributed by atoms with E-state index in [1.54, 1.807) is 0 Å². The lowest BCUT2D eigenvalue weighted by atomic mass is 10.1. The number of hydrogen-bond acceptors (Lipinski definition) is 3. The fourth-order valence-electron chi connectivity index (χ4n) is 4.25. The summed E-state index contributed by atoms with van der Waals surface area (Å²) in [5.41, 5.74) is 3.13. The van der Waals surface area contributed by atoms with E-state index in [-0.39, 0.29) is 17.7 Å². The van der Waals surface area contributed by atoms with Crippen LogP contribution in [0.25, 0.3) is 11.0 Å². The minimum absolute atomic E-state index is 0.0602. The van der Waals surface area contributed by atoms with Crippen LogP contribution in [0.5, 0.6) is 0 Å². The van der Waals surface area contributed by atoms with Gasteiger partial charge in [-0.2, -0.15) is 0 Å². The molecule has 7 heteroatoms. The van der Waals surface area contributed by atoms with Gasteiger partial charge in [0.25, 0.3) is 0 Å². The highest BCUT2D eigenvalue weighted by Crippen LogP contribution is 2.49. The molecule has 150 valence electrons. The van der Waals surface area contributed by atoms with E-state index in [9.17, 15) is 4.79 Å². The molecule has 2 aromatic carbocycles. The Morgan fingerprint density at radius 1 is 1.03 bits per heavy atom. The predicted octanol–water partition coefficient (Wildman–Crippen LogP) is 4.71. The lowest BCUT2D eigenvalue weighted by Crippen LogP contribution is -2.36. The van der Waals surface area contributed by atoms with E-state index in [0.717, 1.165) is 61.6 Å². The fourth-order valence-corrected chi connectivity index (χ4v) is 4.56. The van der Waals surface area contributed by atoms with Crippen LogP contribution in [0.1, 0.15) is 24.3 Å². The molecule has 29 heavy (non-hydrogen) atoms. The molecule has 1 saturated carbocycles. The molecule has 1 N–H and O–H groups in total. The molecule has 5 nitrogen and oxygen atoms in total. The van der Waals surface area contributed by atoms with Crippen LogP contribution in [-0.4, -0.2) is 47.0 Å². The molecule has 0 radical (unpaired) electrons. The Labute approximate surface area is 179 Å². The van der Waals surface area contributed by atoms with Gasteiger partial charge >= 0.3 is 0 Å². The van der Waals surface area contributed by atoms with Crippen molar-refractivity contribution in [2.75, 3.05) is 31.1 Å². The van der Waals surface area contributed by atoms with E-state index in [1.807, 2.05) is 47.4 Å². The minimum atomic E-state index is 0.0602. The summed E-state index contributed by atoms with van der Waals surface area (Å²) < 4.78 is 0. The topological polar surface area (TPSA) is 52.2 Å². The normalized spacial score (nSPS) is 22.0. The minimum Gasteiger partial charge on any atom is -0.341 e. The summed E-state index contributed by atoms with van der Waals surface area (Å²) in [4.78, 5) is 25.4. The number of imidazole rings is 1. The molecule has 0 bridgehead atoms. The summed E-state index contributed by atoms with van der Waals surface area (Å²) in [5, 5.41) is 1.11. The molecule has 3 aromatic rings. The van der Waals surface area contributed by atoms with E-state index in [4.69, 9.17) is 28.2 Å². The Kier molecular flexibility index (Phi) is 4.88. The molecular weight excluding hydrogens is 407 g/mol. The van der Waals surface area contributed by atoms with E-state index in [0.29, 0.717) is 10.0 Å². The van der Waals surface area contributed by atoms with Gasteiger partial charge < -0.3 is 14.8 Å². The molecule has 2 unspecified atom stereocenters. The number of carbonyl (C=O) groups is 1. The van der Waals surface area contributed by atoms with Crippen molar-refractivity contribution in [1.82, 2.24) is 14.9 Å². The van der Waals surface area contributed by atoms with Crippen LogP contribution in [0.3, 0.4) is 0 Å². The molecule has 1 aromatic heterocycles. The number of anilines is 1. The van der Waals surface area contributed by atoms with Crippen LogP contribution < -0.4 is 4.90 Å². The molecule has 1 aliphatic heterocycles. The zero-order chi connectivity index (χ0) is 20.0. The number of benzene rings is 2. The highest BCUT2D eigenvalue weighted by Gasteiger charge is 2.46. The van der Waals surface area contributed by atoms with Crippen molar-refractivity contribution < 1.29 is 4.79 Å². The number of nitrogens with zero attached hydrogens (tertiary/aromatic N) is 3. The summed E-state index contributed by atoms with van der Waals surface area (Å²) in [6, 6.07) is 13.7. The average molecular weight is 429 g/mol. The zero-order valence-corrected chi connectivity index (χ0v) is 17.5. The molecule has 0 spiro atoms. The SMILES string of the molecule is O=C(C1CC1c1ccc(Cl)c(Cl)c1)N1CCCN(c2nc3ccccc3[nH]2)CC1. The number of carbonyl (C=O) groups excluding carboxylic acids is 1. The van der Waals surface area contributed by atoms with Crippen LogP contribution >= 0.6 is 23.2 Å². The van der Waals surface area contributed by atoms with Crippen LogP contribution in [0.15, 0.2) is 42.5 Å². The maximum absolute atomic E-state index is 13.1. The Morgan fingerprint density at radius 3 is 2.72 bits per heavy atom. The molecule has 1 saturated heterocycles. The lowest BCUT2D eigenvalue weighted by Gasteiger charge is -2.22. The summed E-state index contributed by atoms with van der Waals surface area (Å²) in [6.07, 6.45) is 1.83. The first-order valence-electron chi connectivity index (χ1n) is 10.0. The second-order valence-electron chi connectivity index (χ2n) is 7.87. The van der Waals surface area contributed by atoms with Crippen molar-refractivity contribution in [2.45, 2.75) is 18.8 Å². The van der Waals surface area contributed by atoms with Gasteiger partial charge in [0, 0.05) is 32.1 Å². The van der Waals surface area contributed by atoms with Crippen LogP contribution in [-0.2, 0) is 4.79 Å². The molecule has 1 amide bonds. The third-order valence-electron chi connectivity index (χ3n) is 5.96. The van der Waals surface area contributed by atoms with Crippen LogP contribution in [0.4, 0.5) is 5.95 Å². The summed E-state index contributed by atoms with van der Waals surface area (Å²) in [5.74, 6) is 1.46. The highest BCUT2D eigenvalue weighted by atomic mass is 35.5. The Morgan fingerprint density at radius 2 is 1.90 bits per heavy atom. The number of fused-ring (bicyclic) bond motifs is 1. The number of hydrogen-bond donors (Lipinski definition) is 1. The van der Waals surface area contributed by atoms with Gasteiger partial charge in [-0.25, -0.2) is 4.98 Å². The number of aromatic nitrogens is 2. The van der Waals surface area contributed by atoms with Gasteiger partial charge in [-0.05, 0) is 48.6 Å². The number of aromatic amines is 1. The van der Waals surface area contributed by atoms with E-state index >= 15 is 0 Å². The van der Waals surface area contributed by atoms with Crippen molar-refractivity contribution in [3.8, 4) is 0 Å². The monoisotopic (exact) mass is 428 g/mol. The molecule has 1 aliphatic carbocycles. The molecule has 5 rings (SSSR count). The van der Waals surface area contributed by atoms with E-state index < -0.39 is 0 Å². The van der Waals surface area contributed by atoms with Gasteiger partial charge in [-0.3, -0.25) is 4.79 Å².